The maximum absolute atomic E-state index is 4.96. The van der Waals surface area contributed by atoms with Crippen LogP contribution in [0.2, 0.25) is 0 Å². The monoisotopic (exact) mass is 195 g/mol. The first-order valence-corrected chi connectivity index (χ1v) is 5.00. The summed E-state index contributed by atoms with van der Waals surface area (Å²) in [6.45, 7) is 4.34. The lowest BCUT2D eigenvalue weighted by atomic mass is 9.97. The second kappa shape index (κ2) is 5.54. The molecule has 2 N–H and O–H groups in total. The molecule has 14 heavy (non-hydrogen) atoms. The van der Waals surface area contributed by atoms with E-state index < -0.39 is 0 Å². The van der Waals surface area contributed by atoms with Gasteiger partial charge in [-0.2, -0.15) is 5.90 Å². The van der Waals surface area contributed by atoms with Crippen molar-refractivity contribution in [1.82, 2.24) is 9.97 Å². The number of hydrogen-bond donors (Lipinski definition) is 1. The summed E-state index contributed by atoms with van der Waals surface area (Å²) in [5.41, 5.74) is 1.02. The van der Waals surface area contributed by atoms with Crippen LogP contribution in [0.25, 0.3) is 0 Å². The molecule has 4 nitrogen and oxygen atoms in total. The maximum atomic E-state index is 4.96. The summed E-state index contributed by atoms with van der Waals surface area (Å²) in [7, 11) is 0. The van der Waals surface area contributed by atoms with Gasteiger partial charge in [-0.1, -0.05) is 20.3 Å². The number of rotatable bonds is 5. The van der Waals surface area contributed by atoms with Gasteiger partial charge in [0.2, 0.25) is 0 Å². The summed E-state index contributed by atoms with van der Waals surface area (Å²) < 4.78 is 0. The van der Waals surface area contributed by atoms with Crippen molar-refractivity contribution >= 4 is 0 Å². The minimum absolute atomic E-state index is 0.361. The van der Waals surface area contributed by atoms with Gasteiger partial charge in [-0.05, 0) is 12.8 Å². The molecule has 0 aliphatic carbocycles. The summed E-state index contributed by atoms with van der Waals surface area (Å²) in [5, 5.41) is 0. The normalized spacial score (nSPS) is 12.5. The van der Waals surface area contributed by atoms with Crippen molar-refractivity contribution in [2.75, 3.05) is 0 Å². The Morgan fingerprint density at radius 2 is 2.14 bits per heavy atom. The molecule has 0 bridgehead atoms. The zero-order valence-corrected chi connectivity index (χ0v) is 8.73. The van der Waals surface area contributed by atoms with Crippen LogP contribution >= 0.6 is 0 Å². The van der Waals surface area contributed by atoms with E-state index in [0.29, 0.717) is 11.8 Å². The fourth-order valence-electron chi connectivity index (χ4n) is 1.51. The summed E-state index contributed by atoms with van der Waals surface area (Å²) in [6.07, 6.45) is 6.70. The SMILES string of the molecule is CCCC(CC)c1cnc(ON)cn1. The van der Waals surface area contributed by atoms with Crippen LogP contribution in [0.1, 0.15) is 44.7 Å². The molecule has 4 heteroatoms. The third kappa shape index (κ3) is 2.67. The molecule has 0 aromatic carbocycles. The molecule has 1 aromatic rings. The summed E-state index contributed by atoms with van der Waals surface area (Å²) in [4.78, 5) is 12.8. The summed E-state index contributed by atoms with van der Waals surface area (Å²) in [5.74, 6) is 5.83. The Morgan fingerprint density at radius 3 is 2.57 bits per heavy atom. The Morgan fingerprint density at radius 1 is 1.36 bits per heavy atom. The van der Waals surface area contributed by atoms with Crippen LogP contribution in [-0.2, 0) is 0 Å². The van der Waals surface area contributed by atoms with Crippen molar-refractivity contribution in [1.29, 1.82) is 0 Å². The van der Waals surface area contributed by atoms with E-state index in [-0.39, 0.29) is 0 Å². The van der Waals surface area contributed by atoms with Crippen molar-refractivity contribution < 1.29 is 4.84 Å². The Hall–Kier alpha value is -1.16. The van der Waals surface area contributed by atoms with E-state index in [1.54, 1.807) is 12.4 Å². The van der Waals surface area contributed by atoms with E-state index in [9.17, 15) is 0 Å². The minimum atomic E-state index is 0.361. The second-order valence-corrected chi connectivity index (χ2v) is 3.29. The Kier molecular flexibility index (Phi) is 4.32. The lowest BCUT2D eigenvalue weighted by molar-refractivity contribution is 0.318. The van der Waals surface area contributed by atoms with Crippen molar-refractivity contribution in [2.24, 2.45) is 5.90 Å². The van der Waals surface area contributed by atoms with Gasteiger partial charge in [0.1, 0.15) is 0 Å². The largest absolute Gasteiger partial charge is 0.389 e. The van der Waals surface area contributed by atoms with Crippen molar-refractivity contribution in [3.63, 3.8) is 0 Å². The van der Waals surface area contributed by atoms with Crippen LogP contribution < -0.4 is 10.7 Å². The molecule has 0 aliphatic heterocycles. The molecule has 1 atom stereocenters. The van der Waals surface area contributed by atoms with E-state index in [1.165, 1.54) is 0 Å². The minimum Gasteiger partial charge on any atom is -0.389 e. The highest BCUT2D eigenvalue weighted by Gasteiger charge is 2.10. The van der Waals surface area contributed by atoms with E-state index >= 15 is 0 Å². The standard InChI is InChI=1S/C10H17N3O/c1-3-5-8(4-2)9-6-13-10(14-11)7-12-9/h6-8H,3-5,11H2,1-2H3. The van der Waals surface area contributed by atoms with Gasteiger partial charge in [-0.15, -0.1) is 0 Å². The van der Waals surface area contributed by atoms with E-state index in [4.69, 9.17) is 5.90 Å². The van der Waals surface area contributed by atoms with Crippen LogP contribution in [0.3, 0.4) is 0 Å². The third-order valence-corrected chi connectivity index (χ3v) is 2.32. The fourth-order valence-corrected chi connectivity index (χ4v) is 1.51. The highest BCUT2D eigenvalue weighted by atomic mass is 16.6. The van der Waals surface area contributed by atoms with Crippen molar-refractivity contribution in [2.45, 2.75) is 39.0 Å². The Bertz CT molecular complexity index is 261. The topological polar surface area (TPSA) is 61.0 Å². The average Bonchev–Trinajstić information content (AvgIpc) is 2.26. The number of nitrogens with two attached hydrogens (primary N) is 1. The fraction of sp³-hybridized carbons (Fsp3) is 0.600. The molecular weight excluding hydrogens is 178 g/mol. The molecule has 0 spiro atoms. The highest BCUT2D eigenvalue weighted by Crippen LogP contribution is 2.22. The zero-order valence-electron chi connectivity index (χ0n) is 8.73. The first kappa shape index (κ1) is 10.9. The predicted octanol–water partition coefficient (Wildman–Crippen LogP) is 2.02. The van der Waals surface area contributed by atoms with Gasteiger partial charge in [0, 0.05) is 5.92 Å². The average molecular weight is 195 g/mol. The zero-order chi connectivity index (χ0) is 10.4. The Labute approximate surface area is 84.5 Å². The van der Waals surface area contributed by atoms with Gasteiger partial charge in [0.15, 0.2) is 0 Å². The molecule has 1 heterocycles. The number of nitrogens with zero attached hydrogens (tertiary/aromatic N) is 2. The van der Waals surface area contributed by atoms with Gasteiger partial charge >= 0.3 is 0 Å². The number of hydrogen-bond acceptors (Lipinski definition) is 4. The Balaban J connectivity index is 2.73. The molecule has 1 rings (SSSR count). The van der Waals surface area contributed by atoms with E-state index in [2.05, 4.69) is 28.7 Å². The number of aromatic nitrogens is 2. The highest BCUT2D eigenvalue weighted by molar-refractivity contribution is 5.10. The van der Waals surface area contributed by atoms with Gasteiger partial charge in [-0.3, -0.25) is 4.98 Å². The van der Waals surface area contributed by atoms with Gasteiger partial charge in [-0.25, -0.2) is 4.98 Å². The predicted molar refractivity (Wildman–Crippen MR) is 54.8 cm³/mol. The van der Waals surface area contributed by atoms with Gasteiger partial charge in [0.25, 0.3) is 5.88 Å². The van der Waals surface area contributed by atoms with E-state index in [0.717, 1.165) is 25.0 Å². The van der Waals surface area contributed by atoms with Crippen LogP contribution in [0.15, 0.2) is 12.4 Å². The molecular formula is C10H17N3O. The smallest absolute Gasteiger partial charge is 0.255 e. The quantitative estimate of drug-likeness (QED) is 0.730. The molecule has 0 radical (unpaired) electrons. The maximum Gasteiger partial charge on any atom is 0.255 e. The van der Waals surface area contributed by atoms with Crippen molar-refractivity contribution in [3.05, 3.63) is 18.1 Å². The van der Waals surface area contributed by atoms with Gasteiger partial charge in [0.05, 0.1) is 18.1 Å². The molecule has 0 amide bonds. The molecule has 0 aliphatic rings. The molecule has 1 unspecified atom stereocenters. The second-order valence-electron chi connectivity index (χ2n) is 3.29. The lowest BCUT2D eigenvalue weighted by Gasteiger charge is -2.12. The van der Waals surface area contributed by atoms with Gasteiger partial charge < -0.3 is 4.84 Å². The van der Waals surface area contributed by atoms with Crippen molar-refractivity contribution in [3.8, 4) is 5.88 Å². The van der Waals surface area contributed by atoms with Crippen LogP contribution in [0, 0.1) is 0 Å². The van der Waals surface area contributed by atoms with Crippen LogP contribution in [-0.4, -0.2) is 9.97 Å². The molecule has 0 saturated carbocycles. The first-order valence-electron chi connectivity index (χ1n) is 5.00. The summed E-state index contributed by atoms with van der Waals surface area (Å²) >= 11 is 0. The third-order valence-electron chi connectivity index (χ3n) is 2.32. The first-order chi connectivity index (χ1) is 6.81. The molecule has 0 saturated heterocycles. The molecule has 0 fully saturated rings. The van der Waals surface area contributed by atoms with E-state index in [1.807, 2.05) is 0 Å². The molecule has 1 aromatic heterocycles. The summed E-state index contributed by atoms with van der Waals surface area (Å²) in [6, 6.07) is 0. The van der Waals surface area contributed by atoms with Crippen LogP contribution in [0.5, 0.6) is 5.88 Å². The van der Waals surface area contributed by atoms with Crippen LogP contribution in [0.4, 0.5) is 0 Å². The molecule has 78 valence electrons. The lowest BCUT2D eigenvalue weighted by Crippen LogP contribution is -2.06.